The summed E-state index contributed by atoms with van der Waals surface area (Å²) < 4.78 is 5.96. The standard InChI is InChI=1S/C24H18N4O5/c29-27(30)20-11-12-23(24(14-20)28(31)32)26-25-15-17-5-3-9-21(13-17)33-16-19-8-4-7-18-6-1-2-10-22(18)19/h1-15,26H,16H2/b25-15-. The molecule has 0 atom stereocenters. The monoisotopic (exact) mass is 442 g/mol. The molecule has 0 radical (unpaired) electrons. The molecule has 9 nitrogen and oxygen atoms in total. The molecule has 0 heterocycles. The number of nitro groups is 2. The number of non-ortho nitro benzene ring substituents is 1. The summed E-state index contributed by atoms with van der Waals surface area (Å²) in [7, 11) is 0. The number of benzene rings is 4. The second kappa shape index (κ2) is 9.56. The molecule has 9 heteroatoms. The van der Waals surface area contributed by atoms with Gasteiger partial charge in [0.2, 0.25) is 0 Å². The smallest absolute Gasteiger partial charge is 0.301 e. The Bertz CT molecular complexity index is 1360. The van der Waals surface area contributed by atoms with Gasteiger partial charge in [0.1, 0.15) is 18.0 Å². The summed E-state index contributed by atoms with van der Waals surface area (Å²) in [6.07, 6.45) is 1.48. The molecular weight excluding hydrogens is 424 g/mol. The molecule has 33 heavy (non-hydrogen) atoms. The third-order valence-corrected chi connectivity index (χ3v) is 4.92. The average molecular weight is 442 g/mol. The highest BCUT2D eigenvalue weighted by Gasteiger charge is 2.19. The van der Waals surface area contributed by atoms with Crippen molar-refractivity contribution in [1.82, 2.24) is 0 Å². The fourth-order valence-corrected chi connectivity index (χ4v) is 3.32. The summed E-state index contributed by atoms with van der Waals surface area (Å²) in [5.41, 5.74) is 3.59. The van der Waals surface area contributed by atoms with E-state index in [9.17, 15) is 20.2 Å². The maximum atomic E-state index is 11.2. The summed E-state index contributed by atoms with van der Waals surface area (Å²) in [5, 5.41) is 28.4. The normalized spacial score (nSPS) is 10.9. The molecule has 4 aromatic carbocycles. The minimum absolute atomic E-state index is 0.0465. The van der Waals surface area contributed by atoms with E-state index >= 15 is 0 Å². The van der Waals surface area contributed by atoms with Gasteiger partial charge in [-0.15, -0.1) is 0 Å². The first kappa shape index (κ1) is 21.4. The van der Waals surface area contributed by atoms with Crippen molar-refractivity contribution in [2.75, 3.05) is 5.43 Å². The van der Waals surface area contributed by atoms with Gasteiger partial charge in [0.15, 0.2) is 0 Å². The van der Waals surface area contributed by atoms with Crippen molar-refractivity contribution in [2.45, 2.75) is 6.61 Å². The van der Waals surface area contributed by atoms with E-state index in [1.807, 2.05) is 36.4 Å². The van der Waals surface area contributed by atoms with Crippen LogP contribution in [0, 0.1) is 20.2 Å². The summed E-state index contributed by atoms with van der Waals surface area (Å²) in [4.78, 5) is 20.7. The number of rotatable bonds is 8. The van der Waals surface area contributed by atoms with Crippen molar-refractivity contribution in [2.24, 2.45) is 5.10 Å². The van der Waals surface area contributed by atoms with Crippen LogP contribution in [0.4, 0.5) is 17.1 Å². The topological polar surface area (TPSA) is 120 Å². The first-order valence-electron chi connectivity index (χ1n) is 9.93. The first-order valence-corrected chi connectivity index (χ1v) is 9.93. The van der Waals surface area contributed by atoms with Gasteiger partial charge < -0.3 is 4.74 Å². The molecule has 4 rings (SSSR count). The lowest BCUT2D eigenvalue weighted by molar-refractivity contribution is -0.393. The zero-order chi connectivity index (χ0) is 23.2. The highest BCUT2D eigenvalue weighted by atomic mass is 16.6. The number of nitrogens with zero attached hydrogens (tertiary/aromatic N) is 3. The number of hydrazone groups is 1. The Hall–Kier alpha value is -4.79. The van der Waals surface area contributed by atoms with Crippen LogP contribution in [0.3, 0.4) is 0 Å². The van der Waals surface area contributed by atoms with E-state index in [2.05, 4.69) is 28.7 Å². The first-order chi connectivity index (χ1) is 16.0. The Morgan fingerprint density at radius 1 is 0.879 bits per heavy atom. The van der Waals surface area contributed by atoms with Gasteiger partial charge in [0.05, 0.1) is 22.1 Å². The van der Waals surface area contributed by atoms with E-state index in [1.165, 1.54) is 18.3 Å². The van der Waals surface area contributed by atoms with Gasteiger partial charge in [-0.1, -0.05) is 54.6 Å². The lowest BCUT2D eigenvalue weighted by Crippen LogP contribution is -1.99. The van der Waals surface area contributed by atoms with Crippen LogP contribution < -0.4 is 10.2 Å². The van der Waals surface area contributed by atoms with Crippen molar-refractivity contribution in [1.29, 1.82) is 0 Å². The fraction of sp³-hybridized carbons (Fsp3) is 0.0417. The largest absolute Gasteiger partial charge is 0.489 e. The number of anilines is 1. The molecule has 0 spiro atoms. The Balaban J connectivity index is 1.45. The highest BCUT2D eigenvalue weighted by molar-refractivity contribution is 5.85. The molecule has 0 saturated carbocycles. The Morgan fingerprint density at radius 2 is 1.67 bits per heavy atom. The van der Waals surface area contributed by atoms with Gasteiger partial charge in [-0.25, -0.2) is 0 Å². The zero-order valence-electron chi connectivity index (χ0n) is 17.3. The van der Waals surface area contributed by atoms with Crippen LogP contribution >= 0.6 is 0 Å². The second-order valence-electron chi connectivity index (χ2n) is 7.09. The lowest BCUT2D eigenvalue weighted by Gasteiger charge is -2.09. The Morgan fingerprint density at radius 3 is 2.48 bits per heavy atom. The summed E-state index contributed by atoms with van der Waals surface area (Å²) >= 11 is 0. The van der Waals surface area contributed by atoms with E-state index < -0.39 is 15.5 Å². The molecule has 0 aliphatic carbocycles. The number of hydrogen-bond acceptors (Lipinski definition) is 7. The van der Waals surface area contributed by atoms with E-state index in [4.69, 9.17) is 4.74 Å². The number of ether oxygens (including phenoxy) is 1. The number of fused-ring (bicyclic) bond motifs is 1. The van der Waals surface area contributed by atoms with Crippen molar-refractivity contribution in [3.05, 3.63) is 116 Å². The summed E-state index contributed by atoms with van der Waals surface area (Å²) in [6, 6.07) is 24.7. The third kappa shape index (κ3) is 5.10. The van der Waals surface area contributed by atoms with Crippen molar-refractivity contribution >= 4 is 34.0 Å². The molecule has 0 unspecified atom stereocenters. The van der Waals surface area contributed by atoms with E-state index in [-0.39, 0.29) is 11.4 Å². The minimum atomic E-state index is -0.702. The average Bonchev–Trinajstić information content (AvgIpc) is 2.83. The van der Waals surface area contributed by atoms with Crippen molar-refractivity contribution in [3.63, 3.8) is 0 Å². The molecule has 0 fully saturated rings. The molecule has 0 aromatic heterocycles. The van der Waals surface area contributed by atoms with Crippen molar-refractivity contribution in [3.8, 4) is 5.75 Å². The fourth-order valence-electron chi connectivity index (χ4n) is 3.32. The summed E-state index contributed by atoms with van der Waals surface area (Å²) in [5.74, 6) is 0.646. The lowest BCUT2D eigenvalue weighted by atomic mass is 10.1. The molecule has 0 amide bonds. The third-order valence-electron chi connectivity index (χ3n) is 4.92. The van der Waals surface area contributed by atoms with Crippen LogP contribution in [0.25, 0.3) is 10.8 Å². The van der Waals surface area contributed by atoms with E-state index in [1.54, 1.807) is 12.1 Å². The van der Waals surface area contributed by atoms with Gasteiger partial charge in [-0.3, -0.25) is 25.7 Å². The Kier molecular flexibility index (Phi) is 6.21. The van der Waals surface area contributed by atoms with Gasteiger partial charge in [0, 0.05) is 6.07 Å². The second-order valence-corrected chi connectivity index (χ2v) is 7.09. The van der Waals surface area contributed by atoms with Crippen LogP contribution in [0.2, 0.25) is 0 Å². The number of nitro benzene ring substituents is 2. The zero-order valence-corrected chi connectivity index (χ0v) is 17.3. The minimum Gasteiger partial charge on any atom is -0.489 e. The molecule has 4 aromatic rings. The Labute approximate surface area is 188 Å². The van der Waals surface area contributed by atoms with Crippen molar-refractivity contribution < 1.29 is 14.6 Å². The van der Waals surface area contributed by atoms with Crippen LogP contribution in [0.15, 0.2) is 90.0 Å². The number of hydrogen-bond donors (Lipinski definition) is 1. The van der Waals surface area contributed by atoms with Crippen LogP contribution in [0.5, 0.6) is 5.75 Å². The SMILES string of the molecule is O=[N+]([O-])c1ccc(N/N=C\c2cccc(OCc3cccc4ccccc34)c2)c([N+](=O)[O-])c1. The van der Waals surface area contributed by atoms with Crippen LogP contribution in [-0.2, 0) is 6.61 Å². The van der Waals surface area contributed by atoms with Gasteiger partial charge in [0.25, 0.3) is 5.69 Å². The molecule has 0 bridgehead atoms. The van der Waals surface area contributed by atoms with Gasteiger partial charge in [-0.05, 0) is 40.1 Å². The molecule has 0 saturated heterocycles. The predicted molar refractivity (Wildman–Crippen MR) is 126 cm³/mol. The van der Waals surface area contributed by atoms with Crippen LogP contribution in [0.1, 0.15) is 11.1 Å². The predicted octanol–water partition coefficient (Wildman–Crippen LogP) is 5.68. The van der Waals surface area contributed by atoms with Gasteiger partial charge >= 0.3 is 5.69 Å². The quantitative estimate of drug-likeness (QED) is 0.213. The highest BCUT2D eigenvalue weighted by Crippen LogP contribution is 2.29. The molecule has 1 N–H and O–H groups in total. The molecule has 0 aliphatic heterocycles. The maximum Gasteiger partial charge on any atom is 0.301 e. The number of nitrogens with one attached hydrogen (secondary N) is 1. The molecule has 0 aliphatic rings. The van der Waals surface area contributed by atoms with Gasteiger partial charge in [-0.2, -0.15) is 5.10 Å². The maximum absolute atomic E-state index is 11.2. The summed E-state index contributed by atoms with van der Waals surface area (Å²) in [6.45, 7) is 0.398. The molecule has 164 valence electrons. The van der Waals surface area contributed by atoms with E-state index in [0.29, 0.717) is 17.9 Å². The van der Waals surface area contributed by atoms with E-state index in [0.717, 1.165) is 22.4 Å². The van der Waals surface area contributed by atoms with Crippen LogP contribution in [-0.4, -0.2) is 16.1 Å². The molecular formula is C24H18N4O5.